The monoisotopic (exact) mass is 324 g/mol. The average Bonchev–Trinajstić information content (AvgIpc) is 2.63. The lowest BCUT2D eigenvalue weighted by atomic mass is 10.1. The van der Waals surface area contributed by atoms with Crippen molar-refractivity contribution in [2.24, 2.45) is 0 Å². The Hall–Kier alpha value is -1.84. The number of hydrogen-bond donors (Lipinski definition) is 0. The average molecular weight is 324 g/mol. The molecule has 0 bridgehead atoms. The third-order valence-corrected chi connectivity index (χ3v) is 5.55. The van der Waals surface area contributed by atoms with Crippen molar-refractivity contribution < 1.29 is 0 Å². The van der Waals surface area contributed by atoms with Crippen LogP contribution in [0, 0.1) is 13.8 Å². The Morgan fingerprint density at radius 3 is 1.38 bits per heavy atom. The first-order valence-electron chi connectivity index (χ1n) is 9.51. The maximum Gasteiger partial charge on any atom is 0.172 e. The minimum Gasteiger partial charge on any atom is -0.354 e. The van der Waals surface area contributed by atoms with Gasteiger partial charge in [-0.2, -0.15) is 0 Å². The fourth-order valence-corrected chi connectivity index (χ4v) is 3.93. The lowest BCUT2D eigenvalue weighted by Gasteiger charge is -2.34. The molecule has 128 valence electrons. The van der Waals surface area contributed by atoms with E-state index in [1.54, 1.807) is 0 Å². The van der Waals surface area contributed by atoms with Gasteiger partial charge in [-0.25, -0.2) is 9.97 Å². The standard InChI is InChI=1S/C20H28N4/c1-15-13-17-18(14-16(15)2)22-20(24-11-7-4-8-12-24)19(21-17)23-9-5-3-6-10-23/h13-14H,3-12H2,1-2H3. The Morgan fingerprint density at radius 2 is 1.00 bits per heavy atom. The minimum absolute atomic E-state index is 1.04. The van der Waals surface area contributed by atoms with Gasteiger partial charge in [0, 0.05) is 26.2 Å². The van der Waals surface area contributed by atoms with Crippen molar-refractivity contribution in [3.05, 3.63) is 23.3 Å². The highest BCUT2D eigenvalue weighted by Crippen LogP contribution is 2.32. The second kappa shape index (κ2) is 6.58. The van der Waals surface area contributed by atoms with Crippen LogP contribution in [0.5, 0.6) is 0 Å². The summed E-state index contributed by atoms with van der Waals surface area (Å²) in [4.78, 5) is 15.1. The van der Waals surface area contributed by atoms with E-state index in [-0.39, 0.29) is 0 Å². The molecule has 2 aliphatic heterocycles. The van der Waals surface area contributed by atoms with Gasteiger partial charge in [-0.3, -0.25) is 0 Å². The molecule has 0 atom stereocenters. The first kappa shape index (κ1) is 15.7. The van der Waals surface area contributed by atoms with E-state index in [1.165, 1.54) is 49.7 Å². The molecule has 4 nitrogen and oxygen atoms in total. The molecule has 2 aliphatic rings. The molecule has 0 aliphatic carbocycles. The molecule has 24 heavy (non-hydrogen) atoms. The topological polar surface area (TPSA) is 32.3 Å². The predicted molar refractivity (Wildman–Crippen MR) is 101 cm³/mol. The fourth-order valence-electron chi connectivity index (χ4n) is 3.93. The van der Waals surface area contributed by atoms with Crippen LogP contribution < -0.4 is 9.80 Å². The van der Waals surface area contributed by atoms with Gasteiger partial charge in [-0.15, -0.1) is 0 Å². The van der Waals surface area contributed by atoms with Crippen LogP contribution in [0.15, 0.2) is 12.1 Å². The summed E-state index contributed by atoms with van der Waals surface area (Å²) in [5.74, 6) is 2.24. The maximum atomic E-state index is 5.10. The van der Waals surface area contributed by atoms with Gasteiger partial charge >= 0.3 is 0 Å². The van der Waals surface area contributed by atoms with Gasteiger partial charge in [0.2, 0.25) is 0 Å². The zero-order chi connectivity index (χ0) is 16.5. The van der Waals surface area contributed by atoms with E-state index in [1.807, 2.05) is 0 Å². The highest BCUT2D eigenvalue weighted by Gasteiger charge is 2.23. The van der Waals surface area contributed by atoms with Crippen molar-refractivity contribution in [2.45, 2.75) is 52.4 Å². The van der Waals surface area contributed by atoms with Crippen molar-refractivity contribution in [1.29, 1.82) is 0 Å². The number of fused-ring (bicyclic) bond motifs is 1. The minimum atomic E-state index is 1.04. The Kier molecular flexibility index (Phi) is 4.30. The Morgan fingerprint density at radius 1 is 0.625 bits per heavy atom. The zero-order valence-electron chi connectivity index (χ0n) is 15.0. The van der Waals surface area contributed by atoms with Gasteiger partial charge in [0.1, 0.15) is 0 Å². The molecule has 0 radical (unpaired) electrons. The van der Waals surface area contributed by atoms with Gasteiger partial charge in [-0.1, -0.05) is 0 Å². The van der Waals surface area contributed by atoms with Crippen LogP contribution in [-0.4, -0.2) is 36.1 Å². The molecular weight excluding hydrogens is 296 g/mol. The lowest BCUT2D eigenvalue weighted by molar-refractivity contribution is 0.559. The number of rotatable bonds is 2. The number of nitrogens with zero attached hydrogens (tertiary/aromatic N) is 4. The van der Waals surface area contributed by atoms with Crippen LogP contribution in [0.25, 0.3) is 11.0 Å². The van der Waals surface area contributed by atoms with E-state index in [4.69, 9.17) is 9.97 Å². The summed E-state index contributed by atoms with van der Waals surface area (Å²) in [5, 5.41) is 0. The normalized spacial score (nSPS) is 19.1. The summed E-state index contributed by atoms with van der Waals surface area (Å²) in [5.41, 5.74) is 4.68. The number of aryl methyl sites for hydroxylation is 2. The zero-order valence-corrected chi connectivity index (χ0v) is 15.0. The molecule has 4 heteroatoms. The van der Waals surface area contributed by atoms with Gasteiger partial charge in [0.05, 0.1) is 11.0 Å². The highest BCUT2D eigenvalue weighted by molar-refractivity contribution is 5.82. The van der Waals surface area contributed by atoms with Crippen LogP contribution in [0.1, 0.15) is 49.7 Å². The predicted octanol–water partition coefficient (Wildman–Crippen LogP) is 4.23. The molecule has 0 amide bonds. The maximum absolute atomic E-state index is 5.10. The van der Waals surface area contributed by atoms with Gasteiger partial charge in [-0.05, 0) is 75.6 Å². The van der Waals surface area contributed by atoms with Gasteiger partial charge in [0.25, 0.3) is 0 Å². The Labute approximate surface area is 144 Å². The summed E-state index contributed by atoms with van der Waals surface area (Å²) >= 11 is 0. The molecule has 2 aromatic rings. The molecule has 4 rings (SSSR count). The third kappa shape index (κ3) is 2.94. The Bertz CT molecular complexity index is 665. The smallest absolute Gasteiger partial charge is 0.172 e. The molecule has 0 spiro atoms. The van der Waals surface area contributed by atoms with E-state index < -0.39 is 0 Å². The summed E-state index contributed by atoms with van der Waals surface area (Å²) in [7, 11) is 0. The van der Waals surface area contributed by atoms with Gasteiger partial charge < -0.3 is 9.80 Å². The number of benzene rings is 1. The van der Waals surface area contributed by atoms with Crippen LogP contribution in [0.3, 0.4) is 0 Å². The van der Waals surface area contributed by atoms with Crippen molar-refractivity contribution in [3.8, 4) is 0 Å². The van der Waals surface area contributed by atoms with Crippen LogP contribution in [0.4, 0.5) is 11.6 Å². The second-order valence-corrected chi connectivity index (χ2v) is 7.39. The van der Waals surface area contributed by atoms with Crippen LogP contribution in [-0.2, 0) is 0 Å². The molecule has 2 fully saturated rings. The van der Waals surface area contributed by atoms with E-state index in [0.717, 1.165) is 48.8 Å². The molecule has 0 N–H and O–H groups in total. The molecule has 0 unspecified atom stereocenters. The quantitative estimate of drug-likeness (QED) is 0.827. The number of piperidine rings is 2. The van der Waals surface area contributed by atoms with Crippen molar-refractivity contribution >= 4 is 22.7 Å². The van der Waals surface area contributed by atoms with Crippen molar-refractivity contribution in [3.63, 3.8) is 0 Å². The van der Waals surface area contributed by atoms with E-state index in [2.05, 4.69) is 35.8 Å². The molecule has 2 saturated heterocycles. The van der Waals surface area contributed by atoms with E-state index in [9.17, 15) is 0 Å². The number of hydrogen-bond acceptors (Lipinski definition) is 4. The van der Waals surface area contributed by atoms with E-state index >= 15 is 0 Å². The first-order valence-corrected chi connectivity index (χ1v) is 9.51. The lowest BCUT2D eigenvalue weighted by Crippen LogP contribution is -2.35. The van der Waals surface area contributed by atoms with Crippen molar-refractivity contribution in [1.82, 2.24) is 9.97 Å². The molecule has 1 aromatic heterocycles. The summed E-state index contributed by atoms with van der Waals surface area (Å²) in [6.45, 7) is 8.79. The highest BCUT2D eigenvalue weighted by atomic mass is 15.3. The second-order valence-electron chi connectivity index (χ2n) is 7.39. The number of anilines is 2. The number of aromatic nitrogens is 2. The third-order valence-electron chi connectivity index (χ3n) is 5.55. The summed E-state index contributed by atoms with van der Waals surface area (Å²) in [6, 6.07) is 4.40. The van der Waals surface area contributed by atoms with Crippen LogP contribution in [0.2, 0.25) is 0 Å². The SMILES string of the molecule is Cc1cc2nc(N3CCCCC3)c(N3CCCCC3)nc2cc1C. The largest absolute Gasteiger partial charge is 0.354 e. The van der Waals surface area contributed by atoms with Crippen molar-refractivity contribution in [2.75, 3.05) is 36.0 Å². The fraction of sp³-hybridized carbons (Fsp3) is 0.600. The van der Waals surface area contributed by atoms with Crippen LogP contribution >= 0.6 is 0 Å². The summed E-state index contributed by atoms with van der Waals surface area (Å²) in [6.07, 6.45) is 7.76. The molecular formula is C20H28N4. The van der Waals surface area contributed by atoms with Gasteiger partial charge in [0.15, 0.2) is 11.6 Å². The molecule has 0 saturated carbocycles. The Balaban J connectivity index is 1.83. The molecule has 1 aromatic carbocycles. The first-order chi connectivity index (χ1) is 11.7. The van der Waals surface area contributed by atoms with E-state index in [0.29, 0.717) is 0 Å². The summed E-state index contributed by atoms with van der Waals surface area (Å²) < 4.78 is 0. The molecule has 3 heterocycles.